The van der Waals surface area contributed by atoms with Gasteiger partial charge in [-0.1, -0.05) is 12.8 Å². The molecule has 4 heteroatoms. The highest BCUT2D eigenvalue weighted by molar-refractivity contribution is 5.83. The number of halogens is 1. The van der Waals surface area contributed by atoms with E-state index in [2.05, 4.69) is 10.3 Å². The minimum absolute atomic E-state index is 0.175. The summed E-state index contributed by atoms with van der Waals surface area (Å²) in [6, 6.07) is 4.73. The first-order valence-electron chi connectivity index (χ1n) is 7.27. The third-order valence-corrected chi connectivity index (χ3v) is 4.15. The van der Waals surface area contributed by atoms with Crippen molar-refractivity contribution in [3.8, 4) is 0 Å². The minimum Gasteiger partial charge on any atom is -0.361 e. The summed E-state index contributed by atoms with van der Waals surface area (Å²) in [5.41, 5.74) is 1.98. The van der Waals surface area contributed by atoms with Crippen molar-refractivity contribution in [2.75, 3.05) is 6.54 Å². The maximum Gasteiger partial charge on any atom is 0.223 e. The molecule has 0 radical (unpaired) electrons. The number of aromatic nitrogens is 1. The second-order valence-electron chi connectivity index (χ2n) is 5.53. The van der Waals surface area contributed by atoms with Gasteiger partial charge in [0.1, 0.15) is 5.82 Å². The highest BCUT2D eigenvalue weighted by Gasteiger charge is 2.22. The molecule has 1 heterocycles. The first-order chi connectivity index (χ1) is 9.74. The zero-order valence-electron chi connectivity index (χ0n) is 11.4. The highest BCUT2D eigenvalue weighted by Crippen LogP contribution is 2.24. The number of rotatable bonds is 4. The molecule has 1 aliphatic carbocycles. The number of nitrogens with one attached hydrogen (secondary N) is 2. The number of carbonyl (C=O) groups is 1. The second-order valence-corrected chi connectivity index (χ2v) is 5.53. The lowest BCUT2D eigenvalue weighted by atomic mass is 10.1. The Morgan fingerprint density at radius 1 is 1.35 bits per heavy atom. The normalized spacial score (nSPS) is 15.8. The van der Waals surface area contributed by atoms with Crippen LogP contribution in [0.5, 0.6) is 0 Å². The topological polar surface area (TPSA) is 44.9 Å². The molecule has 20 heavy (non-hydrogen) atoms. The average molecular weight is 274 g/mol. The number of benzene rings is 1. The van der Waals surface area contributed by atoms with Gasteiger partial charge in [-0.05, 0) is 43.0 Å². The van der Waals surface area contributed by atoms with Crippen LogP contribution in [0, 0.1) is 11.7 Å². The number of hydrogen-bond donors (Lipinski definition) is 2. The Balaban J connectivity index is 1.59. The van der Waals surface area contributed by atoms with Crippen molar-refractivity contribution < 1.29 is 9.18 Å². The number of fused-ring (bicyclic) bond motifs is 1. The van der Waals surface area contributed by atoms with Crippen LogP contribution in [0.2, 0.25) is 0 Å². The largest absolute Gasteiger partial charge is 0.361 e. The summed E-state index contributed by atoms with van der Waals surface area (Å²) >= 11 is 0. The predicted molar refractivity (Wildman–Crippen MR) is 76.9 cm³/mol. The fourth-order valence-corrected chi connectivity index (χ4v) is 3.01. The molecular formula is C16H19FN2O. The van der Waals surface area contributed by atoms with Gasteiger partial charge >= 0.3 is 0 Å². The minimum atomic E-state index is -0.228. The van der Waals surface area contributed by atoms with E-state index in [9.17, 15) is 9.18 Å². The molecule has 106 valence electrons. The number of amides is 1. The molecule has 1 aromatic carbocycles. The van der Waals surface area contributed by atoms with Crippen LogP contribution in [0.3, 0.4) is 0 Å². The monoisotopic (exact) mass is 274 g/mol. The first kappa shape index (κ1) is 13.2. The van der Waals surface area contributed by atoms with E-state index in [1.54, 1.807) is 12.1 Å². The summed E-state index contributed by atoms with van der Waals surface area (Å²) in [4.78, 5) is 15.0. The Labute approximate surface area is 117 Å². The second kappa shape index (κ2) is 5.65. The molecule has 3 nitrogen and oxygen atoms in total. The summed E-state index contributed by atoms with van der Waals surface area (Å²) < 4.78 is 13.3. The van der Waals surface area contributed by atoms with E-state index in [0.717, 1.165) is 35.7 Å². The van der Waals surface area contributed by atoms with Gasteiger partial charge in [0.2, 0.25) is 5.91 Å². The van der Waals surface area contributed by atoms with Crippen LogP contribution >= 0.6 is 0 Å². The number of hydrogen-bond acceptors (Lipinski definition) is 1. The summed E-state index contributed by atoms with van der Waals surface area (Å²) in [6.07, 6.45) is 6.99. The molecule has 0 bridgehead atoms. The molecule has 2 N–H and O–H groups in total. The van der Waals surface area contributed by atoms with Crippen LogP contribution in [0.25, 0.3) is 10.9 Å². The molecule has 0 unspecified atom stereocenters. The van der Waals surface area contributed by atoms with Crippen LogP contribution in [0.15, 0.2) is 24.4 Å². The number of aromatic amines is 1. The van der Waals surface area contributed by atoms with E-state index in [4.69, 9.17) is 0 Å². The van der Waals surface area contributed by atoms with Gasteiger partial charge in [0, 0.05) is 29.6 Å². The maximum atomic E-state index is 13.3. The molecule has 3 rings (SSSR count). The van der Waals surface area contributed by atoms with Gasteiger partial charge in [-0.25, -0.2) is 4.39 Å². The van der Waals surface area contributed by atoms with Crippen molar-refractivity contribution in [3.05, 3.63) is 35.8 Å². The van der Waals surface area contributed by atoms with Gasteiger partial charge in [-0.15, -0.1) is 0 Å². The van der Waals surface area contributed by atoms with Crippen LogP contribution < -0.4 is 5.32 Å². The number of H-pyrrole nitrogens is 1. The summed E-state index contributed by atoms with van der Waals surface area (Å²) in [7, 11) is 0. The molecule has 0 spiro atoms. The molecule has 1 aromatic heterocycles. The van der Waals surface area contributed by atoms with Gasteiger partial charge in [0.25, 0.3) is 0 Å². The SMILES string of the molecule is O=C(NCCc1c[nH]c2ccc(F)cc12)C1CCCC1. The van der Waals surface area contributed by atoms with Crippen molar-refractivity contribution in [2.45, 2.75) is 32.1 Å². The predicted octanol–water partition coefficient (Wildman–Crippen LogP) is 3.16. The van der Waals surface area contributed by atoms with Gasteiger partial charge in [-0.2, -0.15) is 0 Å². The lowest BCUT2D eigenvalue weighted by molar-refractivity contribution is -0.124. The molecule has 1 fully saturated rings. The Bertz CT molecular complexity index is 614. The van der Waals surface area contributed by atoms with E-state index in [0.29, 0.717) is 6.54 Å². The molecule has 0 saturated heterocycles. The van der Waals surface area contributed by atoms with Gasteiger partial charge in [0.05, 0.1) is 0 Å². The molecule has 1 saturated carbocycles. The first-order valence-corrected chi connectivity index (χ1v) is 7.27. The summed E-state index contributed by atoms with van der Waals surface area (Å²) in [5, 5.41) is 3.90. The van der Waals surface area contributed by atoms with Crippen LogP contribution in [-0.2, 0) is 11.2 Å². The molecule has 1 aliphatic rings. The Morgan fingerprint density at radius 2 is 2.15 bits per heavy atom. The van der Waals surface area contributed by atoms with Crippen molar-refractivity contribution in [3.63, 3.8) is 0 Å². The van der Waals surface area contributed by atoms with E-state index >= 15 is 0 Å². The lowest BCUT2D eigenvalue weighted by Crippen LogP contribution is -2.30. The van der Waals surface area contributed by atoms with Crippen molar-refractivity contribution in [1.82, 2.24) is 10.3 Å². The highest BCUT2D eigenvalue weighted by atomic mass is 19.1. The zero-order valence-corrected chi connectivity index (χ0v) is 11.4. The Kier molecular flexibility index (Phi) is 3.72. The standard InChI is InChI=1S/C16H19FN2O/c17-13-5-6-15-14(9-13)12(10-19-15)7-8-18-16(20)11-3-1-2-4-11/h5-6,9-11,19H,1-4,7-8H2,(H,18,20). The molecule has 2 aromatic rings. The maximum absolute atomic E-state index is 13.3. The zero-order chi connectivity index (χ0) is 13.9. The smallest absolute Gasteiger partial charge is 0.223 e. The summed E-state index contributed by atoms with van der Waals surface area (Å²) in [6.45, 7) is 0.610. The quantitative estimate of drug-likeness (QED) is 0.883. The number of carbonyl (C=O) groups excluding carboxylic acids is 1. The third kappa shape index (κ3) is 2.69. The Morgan fingerprint density at radius 3 is 2.95 bits per heavy atom. The third-order valence-electron chi connectivity index (χ3n) is 4.15. The van der Waals surface area contributed by atoms with Gasteiger partial charge in [-0.3, -0.25) is 4.79 Å². The molecule has 0 aliphatic heterocycles. The van der Waals surface area contributed by atoms with Crippen LogP contribution in [0.4, 0.5) is 4.39 Å². The van der Waals surface area contributed by atoms with E-state index < -0.39 is 0 Å². The van der Waals surface area contributed by atoms with Crippen molar-refractivity contribution >= 4 is 16.8 Å². The molecule has 1 amide bonds. The lowest BCUT2D eigenvalue weighted by Gasteiger charge is -2.09. The van der Waals surface area contributed by atoms with Gasteiger partial charge in [0.15, 0.2) is 0 Å². The van der Waals surface area contributed by atoms with Gasteiger partial charge < -0.3 is 10.3 Å². The van der Waals surface area contributed by atoms with Crippen LogP contribution in [-0.4, -0.2) is 17.4 Å². The average Bonchev–Trinajstić information content (AvgIpc) is 3.08. The Hall–Kier alpha value is -1.84. The van der Waals surface area contributed by atoms with E-state index in [1.807, 2.05) is 6.20 Å². The van der Waals surface area contributed by atoms with Crippen molar-refractivity contribution in [2.24, 2.45) is 5.92 Å². The van der Waals surface area contributed by atoms with Crippen LogP contribution in [0.1, 0.15) is 31.2 Å². The van der Waals surface area contributed by atoms with E-state index in [-0.39, 0.29) is 17.6 Å². The fourth-order valence-electron chi connectivity index (χ4n) is 3.01. The fraction of sp³-hybridized carbons (Fsp3) is 0.438. The summed E-state index contributed by atoms with van der Waals surface area (Å²) in [5.74, 6) is 0.150. The van der Waals surface area contributed by atoms with E-state index in [1.165, 1.54) is 18.9 Å². The van der Waals surface area contributed by atoms with Crippen molar-refractivity contribution in [1.29, 1.82) is 0 Å². The molecular weight excluding hydrogens is 255 g/mol. The molecule has 0 atom stereocenters.